The topological polar surface area (TPSA) is 99.5 Å². The van der Waals surface area contributed by atoms with E-state index in [0.29, 0.717) is 51.3 Å². The zero-order chi connectivity index (χ0) is 23.2. The van der Waals surface area contributed by atoms with Crippen molar-refractivity contribution in [1.29, 1.82) is 0 Å². The Morgan fingerprint density at radius 2 is 1.94 bits per heavy atom. The predicted molar refractivity (Wildman–Crippen MR) is 127 cm³/mol. The fraction of sp³-hybridized carbons (Fsp3) is 0.120. The van der Waals surface area contributed by atoms with E-state index in [1.54, 1.807) is 37.2 Å². The maximum Gasteiger partial charge on any atom is 0.159 e. The first-order chi connectivity index (χ1) is 16.6. The van der Waals surface area contributed by atoms with Crippen molar-refractivity contribution >= 4 is 21.9 Å². The van der Waals surface area contributed by atoms with Gasteiger partial charge in [-0.2, -0.15) is 5.10 Å². The molecule has 5 heterocycles. The van der Waals surface area contributed by atoms with Crippen molar-refractivity contribution in [2.75, 3.05) is 14.1 Å². The van der Waals surface area contributed by atoms with E-state index in [1.807, 2.05) is 43.3 Å². The maximum atomic E-state index is 15.9. The first kappa shape index (κ1) is 20.3. The fourth-order valence-corrected chi connectivity index (χ4v) is 4.21. The molecule has 0 saturated carbocycles. The third kappa shape index (κ3) is 3.34. The van der Waals surface area contributed by atoms with Crippen LogP contribution in [0.5, 0.6) is 0 Å². The molecule has 0 aliphatic rings. The number of benzene rings is 1. The normalized spacial score (nSPS) is 11.8. The van der Waals surface area contributed by atoms with Crippen LogP contribution in [0.1, 0.15) is 5.56 Å². The molecule has 5 aromatic heterocycles. The summed E-state index contributed by atoms with van der Waals surface area (Å²) in [5.41, 5.74) is 6.09. The summed E-state index contributed by atoms with van der Waals surface area (Å²) in [7, 11) is 3.97. The third-order valence-electron chi connectivity index (χ3n) is 5.69. The van der Waals surface area contributed by atoms with Crippen LogP contribution in [0.3, 0.4) is 0 Å². The summed E-state index contributed by atoms with van der Waals surface area (Å²) in [4.78, 5) is 18.8. The molecule has 0 atom stereocenters. The molecule has 0 radical (unpaired) electrons. The van der Waals surface area contributed by atoms with E-state index in [-0.39, 0.29) is 5.82 Å². The molecule has 0 bridgehead atoms. The summed E-state index contributed by atoms with van der Waals surface area (Å²) < 4.78 is 21.1. The molecule has 0 saturated heterocycles. The molecule has 0 unspecified atom stereocenters. The van der Waals surface area contributed by atoms with E-state index in [4.69, 9.17) is 9.40 Å². The zero-order valence-electron chi connectivity index (χ0n) is 18.5. The number of furan rings is 1. The van der Waals surface area contributed by atoms with Gasteiger partial charge in [0.15, 0.2) is 5.82 Å². The Morgan fingerprint density at radius 3 is 2.76 bits per heavy atom. The number of H-pyrrole nitrogens is 2. The number of nitrogens with zero attached hydrogens (tertiary/aromatic N) is 5. The van der Waals surface area contributed by atoms with Gasteiger partial charge in [-0.25, -0.2) is 9.37 Å². The van der Waals surface area contributed by atoms with Gasteiger partial charge in [0.2, 0.25) is 0 Å². The summed E-state index contributed by atoms with van der Waals surface area (Å²) in [5.74, 6) is 0.0771. The highest BCUT2D eigenvalue weighted by Gasteiger charge is 2.21. The van der Waals surface area contributed by atoms with Crippen molar-refractivity contribution in [2.24, 2.45) is 0 Å². The van der Waals surface area contributed by atoms with Gasteiger partial charge in [0.25, 0.3) is 0 Å². The van der Waals surface area contributed by atoms with Crippen LogP contribution >= 0.6 is 0 Å². The Labute approximate surface area is 193 Å². The smallest absolute Gasteiger partial charge is 0.159 e. The van der Waals surface area contributed by atoms with E-state index in [9.17, 15) is 0 Å². The zero-order valence-corrected chi connectivity index (χ0v) is 18.5. The average Bonchev–Trinajstić information content (AvgIpc) is 3.57. The molecule has 0 fully saturated rings. The SMILES string of the molecule is CN(C)Cc1cncc(-c2ccc3[nH]nc(-c4nc5c(-c6ccoc6)nccc5[nH]4)c3c2F)c1. The molecule has 2 N–H and O–H groups in total. The lowest BCUT2D eigenvalue weighted by molar-refractivity contribution is 0.402. The van der Waals surface area contributed by atoms with Gasteiger partial charge >= 0.3 is 0 Å². The lowest BCUT2D eigenvalue weighted by Crippen LogP contribution is -2.10. The number of halogens is 1. The van der Waals surface area contributed by atoms with Gasteiger partial charge in [0, 0.05) is 41.8 Å². The summed E-state index contributed by atoms with van der Waals surface area (Å²) in [6.07, 6.45) is 8.37. The van der Waals surface area contributed by atoms with E-state index >= 15 is 4.39 Å². The number of hydrogen-bond donors (Lipinski definition) is 2. The fourth-order valence-electron chi connectivity index (χ4n) is 4.21. The maximum absolute atomic E-state index is 15.9. The van der Waals surface area contributed by atoms with Crippen LogP contribution in [-0.4, -0.2) is 49.1 Å². The standard InChI is InChI=1S/C25H20FN7O/c1-33(2)12-14-9-16(11-27-10-14)17-3-4-18-20(21(17)26)24(32-31-18)25-29-19-5-7-28-22(23(19)30-25)15-6-8-34-13-15/h3-11,13H,12H2,1-2H3,(H,29,30)(H,31,32). The number of nitrogens with one attached hydrogen (secondary N) is 2. The number of aromatic amines is 2. The van der Waals surface area contributed by atoms with Gasteiger partial charge in [-0.1, -0.05) is 0 Å². The van der Waals surface area contributed by atoms with Crippen LogP contribution in [0, 0.1) is 5.82 Å². The Morgan fingerprint density at radius 1 is 1.03 bits per heavy atom. The molecule has 6 aromatic rings. The summed E-state index contributed by atoms with van der Waals surface area (Å²) in [5, 5.41) is 7.68. The van der Waals surface area contributed by atoms with Gasteiger partial charge in [-0.05, 0) is 50.0 Å². The summed E-state index contributed by atoms with van der Waals surface area (Å²) >= 11 is 0. The Bertz CT molecular complexity index is 1630. The van der Waals surface area contributed by atoms with E-state index < -0.39 is 0 Å². The van der Waals surface area contributed by atoms with Crippen LogP contribution in [0.25, 0.3) is 55.8 Å². The number of fused-ring (bicyclic) bond motifs is 2. The molecular formula is C25H20FN7O. The molecule has 0 spiro atoms. The second-order valence-corrected chi connectivity index (χ2v) is 8.39. The molecule has 0 aliphatic carbocycles. The first-order valence-electron chi connectivity index (χ1n) is 10.7. The van der Waals surface area contributed by atoms with Crippen LogP contribution in [0.15, 0.2) is 65.9 Å². The first-order valence-corrected chi connectivity index (χ1v) is 10.7. The van der Waals surface area contributed by atoms with Crippen LogP contribution < -0.4 is 0 Å². The predicted octanol–water partition coefficient (Wildman–Crippen LogP) is 5.02. The summed E-state index contributed by atoms with van der Waals surface area (Å²) in [6, 6.07) is 9.18. The average molecular weight is 453 g/mol. The number of rotatable bonds is 5. The minimum Gasteiger partial charge on any atom is -0.472 e. The molecule has 0 amide bonds. The van der Waals surface area contributed by atoms with Crippen molar-refractivity contribution < 1.29 is 8.81 Å². The number of imidazole rings is 1. The molecule has 168 valence electrons. The van der Waals surface area contributed by atoms with Gasteiger partial charge in [0.1, 0.15) is 22.7 Å². The van der Waals surface area contributed by atoms with E-state index in [2.05, 4.69) is 25.1 Å². The second kappa shape index (κ2) is 7.89. The number of aromatic nitrogens is 6. The van der Waals surface area contributed by atoms with Gasteiger partial charge in [-0.3, -0.25) is 15.1 Å². The third-order valence-corrected chi connectivity index (χ3v) is 5.69. The van der Waals surface area contributed by atoms with Crippen molar-refractivity contribution in [3.8, 4) is 33.9 Å². The molecule has 9 heteroatoms. The lowest BCUT2D eigenvalue weighted by Gasteiger charge is -2.11. The molecular weight excluding hydrogens is 433 g/mol. The lowest BCUT2D eigenvalue weighted by atomic mass is 10.0. The Balaban J connectivity index is 1.50. The van der Waals surface area contributed by atoms with Crippen LogP contribution in [0.4, 0.5) is 4.39 Å². The van der Waals surface area contributed by atoms with Gasteiger partial charge in [-0.15, -0.1) is 0 Å². The van der Waals surface area contributed by atoms with Gasteiger partial charge < -0.3 is 14.3 Å². The Hall–Kier alpha value is -4.37. The van der Waals surface area contributed by atoms with Crippen molar-refractivity contribution in [2.45, 2.75) is 6.54 Å². The van der Waals surface area contributed by atoms with Crippen molar-refractivity contribution in [3.05, 3.63) is 72.8 Å². The summed E-state index contributed by atoms with van der Waals surface area (Å²) in [6.45, 7) is 0.716. The molecule has 8 nitrogen and oxygen atoms in total. The molecule has 6 rings (SSSR count). The number of pyridine rings is 2. The highest BCUT2D eigenvalue weighted by molar-refractivity contribution is 5.98. The monoisotopic (exact) mass is 453 g/mol. The minimum atomic E-state index is -0.376. The Kier molecular flexibility index (Phi) is 4.70. The van der Waals surface area contributed by atoms with Gasteiger partial charge in [0.05, 0.1) is 28.9 Å². The highest BCUT2D eigenvalue weighted by atomic mass is 19.1. The van der Waals surface area contributed by atoms with E-state index in [1.165, 1.54) is 0 Å². The van der Waals surface area contributed by atoms with Crippen LogP contribution in [-0.2, 0) is 6.54 Å². The quantitative estimate of drug-likeness (QED) is 0.380. The molecule has 0 aliphatic heterocycles. The molecule has 1 aromatic carbocycles. The highest BCUT2D eigenvalue weighted by Crippen LogP contribution is 2.35. The van der Waals surface area contributed by atoms with E-state index in [0.717, 1.165) is 16.6 Å². The molecule has 34 heavy (non-hydrogen) atoms. The van der Waals surface area contributed by atoms with Crippen LogP contribution in [0.2, 0.25) is 0 Å². The second-order valence-electron chi connectivity index (χ2n) is 8.39. The number of hydrogen-bond acceptors (Lipinski definition) is 6. The largest absolute Gasteiger partial charge is 0.472 e. The minimum absolute atomic E-state index is 0.368. The van der Waals surface area contributed by atoms with Crippen molar-refractivity contribution in [3.63, 3.8) is 0 Å². The van der Waals surface area contributed by atoms with Crippen molar-refractivity contribution in [1.82, 2.24) is 35.0 Å².